The van der Waals surface area contributed by atoms with E-state index in [1.165, 1.54) is 6.07 Å². The molecule has 0 unspecified atom stereocenters. The molecule has 2 rings (SSSR count). The minimum Gasteiger partial charge on any atom is -0.346 e. The van der Waals surface area contributed by atoms with Crippen molar-refractivity contribution in [2.75, 3.05) is 19.8 Å². The lowest BCUT2D eigenvalue weighted by molar-refractivity contribution is -0.121. The van der Waals surface area contributed by atoms with Gasteiger partial charge >= 0.3 is 0 Å². The highest BCUT2D eigenvalue weighted by atomic mass is 32.2. The van der Waals surface area contributed by atoms with Gasteiger partial charge in [0.05, 0.1) is 13.2 Å². The van der Waals surface area contributed by atoms with Gasteiger partial charge < -0.3 is 9.47 Å². The molecule has 1 saturated heterocycles. The van der Waals surface area contributed by atoms with Gasteiger partial charge in [-0.1, -0.05) is 25.1 Å². The molecule has 0 atom stereocenters. The fraction of sp³-hybridized carbons (Fsp3) is 0.500. The Morgan fingerprint density at radius 3 is 2.62 bits per heavy atom. The maximum Gasteiger partial charge on any atom is 0.297 e. The first-order valence-electron chi connectivity index (χ1n) is 6.78. The van der Waals surface area contributed by atoms with E-state index in [4.69, 9.17) is 13.7 Å². The minimum atomic E-state index is -4.02. The number of benzene rings is 1. The Balaban J connectivity index is 2.17. The summed E-state index contributed by atoms with van der Waals surface area (Å²) in [6.45, 7) is 2.22. The van der Waals surface area contributed by atoms with E-state index in [-0.39, 0.29) is 10.7 Å². The monoisotopic (exact) mass is 314 g/mol. The van der Waals surface area contributed by atoms with Gasteiger partial charge in [-0.2, -0.15) is 8.42 Å². The van der Waals surface area contributed by atoms with Crippen LogP contribution in [0.5, 0.6) is 0 Å². The predicted octanol–water partition coefficient (Wildman–Crippen LogP) is 1.81. The van der Waals surface area contributed by atoms with Crippen LogP contribution in [0.2, 0.25) is 0 Å². The standard InChI is InChI=1S/C14H18O6S/c1-2-5-11(15)10-20-21(16,17)13-7-4-3-6-12(13)14-18-8-9-19-14/h3-4,6-7,14H,2,5,8-10H2,1H3. The highest BCUT2D eigenvalue weighted by molar-refractivity contribution is 7.86. The lowest BCUT2D eigenvalue weighted by atomic mass is 10.2. The average molecular weight is 314 g/mol. The zero-order valence-electron chi connectivity index (χ0n) is 11.8. The fourth-order valence-electron chi connectivity index (χ4n) is 2.00. The molecular weight excluding hydrogens is 296 g/mol. The lowest BCUT2D eigenvalue weighted by Crippen LogP contribution is -2.16. The van der Waals surface area contributed by atoms with Crippen molar-refractivity contribution in [1.82, 2.24) is 0 Å². The van der Waals surface area contributed by atoms with Crippen LogP contribution in [0.3, 0.4) is 0 Å². The average Bonchev–Trinajstić information content (AvgIpc) is 3.00. The molecule has 0 saturated carbocycles. The highest BCUT2D eigenvalue weighted by Crippen LogP contribution is 2.29. The van der Waals surface area contributed by atoms with E-state index in [1.54, 1.807) is 18.2 Å². The van der Waals surface area contributed by atoms with Gasteiger partial charge in [0.2, 0.25) is 0 Å². The summed E-state index contributed by atoms with van der Waals surface area (Å²) in [5.74, 6) is -0.244. The van der Waals surface area contributed by atoms with Crippen molar-refractivity contribution in [2.24, 2.45) is 0 Å². The zero-order valence-corrected chi connectivity index (χ0v) is 12.6. The summed E-state index contributed by atoms with van der Waals surface area (Å²) >= 11 is 0. The zero-order chi connectivity index (χ0) is 15.3. The fourth-order valence-corrected chi connectivity index (χ4v) is 3.11. The van der Waals surface area contributed by atoms with Crippen molar-refractivity contribution in [3.8, 4) is 0 Å². The van der Waals surface area contributed by atoms with Crippen LogP contribution in [0.4, 0.5) is 0 Å². The number of hydrogen-bond acceptors (Lipinski definition) is 6. The topological polar surface area (TPSA) is 78.9 Å². The van der Waals surface area contributed by atoms with Gasteiger partial charge in [-0.25, -0.2) is 0 Å². The molecule has 0 N–H and O–H groups in total. The molecule has 6 nitrogen and oxygen atoms in total. The quantitative estimate of drug-likeness (QED) is 0.714. The van der Waals surface area contributed by atoms with Gasteiger partial charge in [-0.3, -0.25) is 8.98 Å². The van der Waals surface area contributed by atoms with Crippen molar-refractivity contribution < 1.29 is 26.9 Å². The molecular formula is C14H18O6S. The third-order valence-electron chi connectivity index (χ3n) is 2.97. The van der Waals surface area contributed by atoms with E-state index >= 15 is 0 Å². The summed E-state index contributed by atoms with van der Waals surface area (Å²) < 4.78 is 40.0. The van der Waals surface area contributed by atoms with E-state index in [9.17, 15) is 13.2 Å². The SMILES string of the molecule is CCCC(=O)COS(=O)(=O)c1ccccc1C1OCCO1. The molecule has 1 aromatic carbocycles. The van der Waals surface area contributed by atoms with Gasteiger partial charge in [0.15, 0.2) is 12.1 Å². The van der Waals surface area contributed by atoms with Crippen molar-refractivity contribution in [3.63, 3.8) is 0 Å². The van der Waals surface area contributed by atoms with Gasteiger partial charge in [0.25, 0.3) is 10.1 Å². The molecule has 0 amide bonds. The minimum absolute atomic E-state index is 0.0267. The Hall–Kier alpha value is -1.28. The normalized spacial score (nSPS) is 16.2. The van der Waals surface area contributed by atoms with Gasteiger partial charge in [0, 0.05) is 12.0 Å². The smallest absolute Gasteiger partial charge is 0.297 e. The second kappa shape index (κ2) is 7.13. The summed E-state index contributed by atoms with van der Waals surface area (Å²) in [5.41, 5.74) is 0.387. The number of carbonyl (C=O) groups is 1. The Bertz CT molecular complexity index is 589. The number of rotatable bonds is 7. The van der Waals surface area contributed by atoms with Crippen LogP contribution in [0.1, 0.15) is 31.6 Å². The van der Waals surface area contributed by atoms with Crippen molar-refractivity contribution >= 4 is 15.9 Å². The molecule has 116 valence electrons. The molecule has 0 spiro atoms. The summed E-state index contributed by atoms with van der Waals surface area (Å²) in [6, 6.07) is 6.31. The number of hydrogen-bond donors (Lipinski definition) is 0. The van der Waals surface area contributed by atoms with Gasteiger partial charge in [-0.05, 0) is 12.5 Å². The molecule has 1 fully saturated rings. The Morgan fingerprint density at radius 2 is 1.95 bits per heavy atom. The molecule has 1 aromatic rings. The lowest BCUT2D eigenvalue weighted by Gasteiger charge is -2.14. The summed E-state index contributed by atoms with van der Waals surface area (Å²) in [6.07, 6.45) is 0.236. The first-order valence-corrected chi connectivity index (χ1v) is 8.18. The summed E-state index contributed by atoms with van der Waals surface area (Å²) in [4.78, 5) is 11.4. The second-order valence-corrected chi connectivity index (χ2v) is 6.20. The van der Waals surface area contributed by atoms with Gasteiger partial charge in [-0.15, -0.1) is 0 Å². The van der Waals surface area contributed by atoms with Crippen LogP contribution in [-0.2, 0) is 28.6 Å². The number of Topliss-reactive ketones (excluding diaryl/α,β-unsaturated/α-hetero) is 1. The molecule has 1 aliphatic heterocycles. The van der Waals surface area contributed by atoms with Crippen LogP contribution >= 0.6 is 0 Å². The molecule has 21 heavy (non-hydrogen) atoms. The third-order valence-corrected chi connectivity index (χ3v) is 4.31. The number of carbonyl (C=O) groups excluding carboxylic acids is 1. The van der Waals surface area contributed by atoms with E-state index < -0.39 is 23.0 Å². The van der Waals surface area contributed by atoms with Crippen LogP contribution < -0.4 is 0 Å². The molecule has 7 heteroatoms. The van der Waals surface area contributed by atoms with Gasteiger partial charge in [0.1, 0.15) is 11.5 Å². The van der Waals surface area contributed by atoms with Crippen molar-refractivity contribution in [3.05, 3.63) is 29.8 Å². The molecule has 0 aromatic heterocycles. The molecule has 0 radical (unpaired) electrons. The van der Waals surface area contributed by atoms with Crippen LogP contribution in [0.15, 0.2) is 29.2 Å². The first-order chi connectivity index (χ1) is 10.0. The molecule has 0 aliphatic carbocycles. The van der Waals surface area contributed by atoms with Crippen LogP contribution in [0, 0.1) is 0 Å². The Morgan fingerprint density at radius 1 is 1.29 bits per heavy atom. The van der Waals surface area contributed by atoms with Crippen molar-refractivity contribution in [2.45, 2.75) is 31.0 Å². The third kappa shape index (κ3) is 4.10. The van der Waals surface area contributed by atoms with E-state index in [0.29, 0.717) is 31.6 Å². The number of ether oxygens (including phenoxy) is 2. The van der Waals surface area contributed by atoms with Crippen LogP contribution in [-0.4, -0.2) is 34.0 Å². The maximum atomic E-state index is 12.2. The number of ketones is 1. The summed E-state index contributed by atoms with van der Waals surface area (Å²) in [5, 5.41) is 0. The predicted molar refractivity (Wildman–Crippen MR) is 74.1 cm³/mol. The second-order valence-electron chi connectivity index (χ2n) is 4.62. The largest absolute Gasteiger partial charge is 0.346 e. The van der Waals surface area contributed by atoms with Crippen LogP contribution in [0.25, 0.3) is 0 Å². The molecule has 1 heterocycles. The van der Waals surface area contributed by atoms with E-state index in [1.807, 2.05) is 6.92 Å². The van der Waals surface area contributed by atoms with E-state index in [0.717, 1.165) is 0 Å². The Labute approximate surface area is 124 Å². The van der Waals surface area contributed by atoms with Crippen molar-refractivity contribution in [1.29, 1.82) is 0 Å². The molecule has 0 bridgehead atoms. The van der Waals surface area contributed by atoms with E-state index in [2.05, 4.69) is 0 Å². The highest BCUT2D eigenvalue weighted by Gasteiger charge is 2.28. The Kier molecular flexibility index (Phi) is 5.46. The first kappa shape index (κ1) is 16.1. The maximum absolute atomic E-state index is 12.2. The molecule has 1 aliphatic rings. The summed E-state index contributed by atoms with van der Waals surface area (Å²) in [7, 11) is -4.02.